The number of rotatable bonds is 4. The highest BCUT2D eigenvalue weighted by atomic mass is 32.2. The molecular weight excluding hydrogens is 362 g/mol. The summed E-state index contributed by atoms with van der Waals surface area (Å²) in [6, 6.07) is 23.2. The van der Waals surface area contributed by atoms with Crippen molar-refractivity contribution in [3.05, 3.63) is 83.7 Å². The van der Waals surface area contributed by atoms with Crippen LogP contribution in [0.2, 0.25) is 0 Å². The summed E-state index contributed by atoms with van der Waals surface area (Å²) >= 11 is 1.81. The predicted octanol–water partition coefficient (Wildman–Crippen LogP) is 6.29. The third kappa shape index (κ3) is 3.69. The van der Waals surface area contributed by atoms with E-state index in [1.165, 1.54) is 5.56 Å². The van der Waals surface area contributed by atoms with E-state index in [1.54, 1.807) is 0 Å². The van der Waals surface area contributed by atoms with Gasteiger partial charge in [-0.3, -0.25) is 0 Å². The molecule has 0 bridgehead atoms. The summed E-state index contributed by atoms with van der Waals surface area (Å²) in [4.78, 5) is 5.05. The second kappa shape index (κ2) is 7.44. The third-order valence-corrected chi connectivity index (χ3v) is 5.86. The van der Waals surface area contributed by atoms with Crippen LogP contribution >= 0.6 is 11.8 Å². The van der Waals surface area contributed by atoms with E-state index in [2.05, 4.69) is 88.4 Å². The first-order valence-corrected chi connectivity index (χ1v) is 10.5. The van der Waals surface area contributed by atoms with Crippen LogP contribution in [0.25, 0.3) is 16.8 Å². The molecule has 0 N–H and O–H groups in total. The molecule has 0 fully saturated rings. The van der Waals surface area contributed by atoms with Crippen LogP contribution in [0.3, 0.4) is 0 Å². The summed E-state index contributed by atoms with van der Waals surface area (Å²) in [7, 11) is 0. The molecule has 4 heteroatoms. The third-order valence-electron chi connectivity index (χ3n) is 4.79. The molecule has 28 heavy (non-hydrogen) atoms. The van der Waals surface area contributed by atoms with Crippen molar-refractivity contribution in [2.75, 3.05) is 0 Å². The van der Waals surface area contributed by atoms with Crippen LogP contribution in [-0.2, 0) is 11.2 Å². The van der Waals surface area contributed by atoms with Gasteiger partial charge in [0.2, 0.25) is 0 Å². The largest absolute Gasteiger partial charge is 0.232 e. The molecule has 0 unspecified atom stereocenters. The Labute approximate surface area is 170 Å². The lowest BCUT2D eigenvalue weighted by Gasteiger charge is -2.19. The summed E-state index contributed by atoms with van der Waals surface area (Å²) in [5, 5.41) is 5.99. The van der Waals surface area contributed by atoms with Crippen molar-refractivity contribution >= 4 is 17.4 Å². The minimum absolute atomic E-state index is 0.0318. The Hall–Kier alpha value is -2.59. The van der Waals surface area contributed by atoms with Gasteiger partial charge in [0.25, 0.3) is 0 Å². The van der Waals surface area contributed by atoms with Gasteiger partial charge in [-0.2, -0.15) is 5.10 Å². The molecule has 0 atom stereocenters. The fraction of sp³-hybridized carbons (Fsp3) is 0.250. The number of thioether (sulfide) groups is 1. The Morgan fingerprint density at radius 3 is 2.21 bits per heavy atom. The molecule has 142 valence electrons. The van der Waals surface area contributed by atoms with E-state index >= 15 is 0 Å². The van der Waals surface area contributed by atoms with Gasteiger partial charge < -0.3 is 0 Å². The van der Waals surface area contributed by atoms with E-state index in [4.69, 9.17) is 10.1 Å². The molecule has 0 aliphatic rings. The molecule has 3 nitrogen and oxygen atoms in total. The van der Waals surface area contributed by atoms with E-state index in [0.29, 0.717) is 0 Å². The first-order valence-electron chi connectivity index (χ1n) is 9.56. The molecule has 0 saturated heterocycles. The van der Waals surface area contributed by atoms with Crippen LogP contribution in [0.4, 0.5) is 0 Å². The highest BCUT2D eigenvalue weighted by Crippen LogP contribution is 2.34. The predicted molar refractivity (Wildman–Crippen MR) is 118 cm³/mol. The lowest BCUT2D eigenvalue weighted by atomic mass is 9.92. The number of hydrogen-bond acceptors (Lipinski definition) is 3. The van der Waals surface area contributed by atoms with Crippen LogP contribution in [0.5, 0.6) is 0 Å². The maximum absolute atomic E-state index is 5.05. The van der Waals surface area contributed by atoms with Crippen LogP contribution in [0.15, 0.2) is 71.8 Å². The van der Waals surface area contributed by atoms with Crippen molar-refractivity contribution < 1.29 is 0 Å². The number of hydrogen-bond donors (Lipinski definition) is 0. The number of aryl methyl sites for hydroxylation is 1. The van der Waals surface area contributed by atoms with Crippen LogP contribution < -0.4 is 0 Å². The van der Waals surface area contributed by atoms with E-state index in [1.807, 2.05) is 22.3 Å². The van der Waals surface area contributed by atoms with E-state index in [0.717, 1.165) is 38.9 Å². The second-order valence-electron chi connectivity index (χ2n) is 8.07. The normalized spacial score (nSPS) is 11.9. The van der Waals surface area contributed by atoms with Crippen molar-refractivity contribution in [2.45, 2.75) is 43.9 Å². The molecule has 0 radical (unpaired) electrons. The second-order valence-corrected chi connectivity index (χ2v) is 9.06. The van der Waals surface area contributed by atoms with Gasteiger partial charge in [0.1, 0.15) is 5.03 Å². The molecule has 4 aromatic rings. The van der Waals surface area contributed by atoms with Crippen LogP contribution in [-0.4, -0.2) is 14.6 Å². The van der Waals surface area contributed by atoms with Gasteiger partial charge in [0, 0.05) is 16.7 Å². The zero-order valence-electron chi connectivity index (χ0n) is 16.8. The molecule has 4 rings (SSSR count). The van der Waals surface area contributed by atoms with Gasteiger partial charge in [-0.15, -0.1) is 11.8 Å². The first kappa shape index (κ1) is 18.8. The van der Waals surface area contributed by atoms with Gasteiger partial charge in [0.05, 0.1) is 11.4 Å². The zero-order chi connectivity index (χ0) is 19.7. The topological polar surface area (TPSA) is 30.2 Å². The molecule has 0 spiro atoms. The standard InChI is InChI=1S/C24H25N3S/c1-17-22(19-13-9-6-10-14-19)23-25-20(24(2,3)4)15-21(27(23)26-17)28-16-18-11-7-5-8-12-18/h5-15H,16H2,1-4H3. The Morgan fingerprint density at radius 1 is 0.929 bits per heavy atom. The van der Waals surface area contributed by atoms with Gasteiger partial charge in [-0.1, -0.05) is 81.4 Å². The Balaban J connectivity index is 1.86. The molecule has 0 aliphatic carbocycles. The summed E-state index contributed by atoms with van der Waals surface area (Å²) in [6.07, 6.45) is 0. The zero-order valence-corrected chi connectivity index (χ0v) is 17.6. The average molecular weight is 388 g/mol. The van der Waals surface area contributed by atoms with Gasteiger partial charge in [-0.25, -0.2) is 9.50 Å². The van der Waals surface area contributed by atoms with Crippen molar-refractivity contribution in [3.8, 4) is 11.1 Å². The van der Waals surface area contributed by atoms with Gasteiger partial charge in [0.15, 0.2) is 5.65 Å². The SMILES string of the molecule is Cc1nn2c(SCc3ccccc3)cc(C(C)(C)C)nc2c1-c1ccccc1. The minimum atomic E-state index is -0.0318. The van der Waals surface area contributed by atoms with E-state index in [9.17, 15) is 0 Å². The lowest BCUT2D eigenvalue weighted by Crippen LogP contribution is -2.15. The molecule has 2 heterocycles. The number of fused-ring (bicyclic) bond motifs is 1. The van der Waals surface area contributed by atoms with Crippen LogP contribution in [0, 0.1) is 6.92 Å². The van der Waals surface area contributed by atoms with Crippen molar-refractivity contribution in [2.24, 2.45) is 0 Å². The monoisotopic (exact) mass is 387 g/mol. The maximum Gasteiger partial charge on any atom is 0.164 e. The van der Waals surface area contributed by atoms with Crippen LogP contribution in [0.1, 0.15) is 37.7 Å². The highest BCUT2D eigenvalue weighted by molar-refractivity contribution is 7.98. The smallest absolute Gasteiger partial charge is 0.164 e. The number of aromatic nitrogens is 3. The summed E-state index contributed by atoms with van der Waals surface area (Å²) in [5.74, 6) is 0.906. The summed E-state index contributed by atoms with van der Waals surface area (Å²) in [5.41, 5.74) is 6.59. The van der Waals surface area contributed by atoms with Crippen molar-refractivity contribution in [1.82, 2.24) is 14.6 Å². The molecule has 0 aliphatic heterocycles. The summed E-state index contributed by atoms with van der Waals surface area (Å²) < 4.78 is 2.01. The Kier molecular flexibility index (Phi) is 4.98. The lowest BCUT2D eigenvalue weighted by molar-refractivity contribution is 0.563. The highest BCUT2D eigenvalue weighted by Gasteiger charge is 2.22. The fourth-order valence-corrected chi connectivity index (χ4v) is 4.21. The Bertz CT molecular complexity index is 1090. The van der Waals surface area contributed by atoms with Crippen molar-refractivity contribution in [1.29, 1.82) is 0 Å². The quantitative estimate of drug-likeness (QED) is 0.304. The Morgan fingerprint density at radius 2 is 1.57 bits per heavy atom. The van der Waals surface area contributed by atoms with E-state index in [-0.39, 0.29) is 5.41 Å². The van der Waals surface area contributed by atoms with Gasteiger partial charge >= 0.3 is 0 Å². The molecule has 0 saturated carbocycles. The molecular formula is C24H25N3S. The number of benzene rings is 2. The van der Waals surface area contributed by atoms with Crippen molar-refractivity contribution in [3.63, 3.8) is 0 Å². The maximum atomic E-state index is 5.05. The molecule has 0 amide bonds. The summed E-state index contributed by atoms with van der Waals surface area (Å²) in [6.45, 7) is 8.70. The van der Waals surface area contributed by atoms with Gasteiger partial charge in [-0.05, 0) is 24.1 Å². The fourth-order valence-electron chi connectivity index (χ4n) is 3.26. The first-order chi connectivity index (χ1) is 13.4. The average Bonchev–Trinajstić information content (AvgIpc) is 3.03. The molecule has 2 aromatic carbocycles. The van der Waals surface area contributed by atoms with E-state index < -0.39 is 0 Å². The minimum Gasteiger partial charge on any atom is -0.232 e. The molecule has 2 aromatic heterocycles. The number of nitrogens with zero attached hydrogens (tertiary/aromatic N) is 3.